The minimum atomic E-state index is -0.227. The Hall–Kier alpha value is -3.92. The summed E-state index contributed by atoms with van der Waals surface area (Å²) in [6.07, 6.45) is 3.22. The van der Waals surface area contributed by atoms with Gasteiger partial charge in [-0.15, -0.1) is 0 Å². The van der Waals surface area contributed by atoms with Gasteiger partial charge in [-0.1, -0.05) is 109 Å². The van der Waals surface area contributed by atoms with Crippen molar-refractivity contribution >= 4 is 80.5 Å². The number of hydrogen-bond donors (Lipinski definition) is 0. The minimum absolute atomic E-state index is 0.227. The third-order valence-corrected chi connectivity index (χ3v) is 10.2. The maximum Gasteiger partial charge on any atom is 0.0476 e. The number of anilines is 6. The monoisotopic (exact) mass is 706 g/mol. The van der Waals surface area contributed by atoms with E-state index in [1.165, 1.54) is 22.3 Å². The molecule has 0 radical (unpaired) electrons. The lowest BCUT2D eigenvalue weighted by molar-refractivity contribution is 0.504. The number of hydrogen-bond acceptors (Lipinski definition) is 2. The van der Waals surface area contributed by atoms with Crippen molar-refractivity contribution in [1.82, 2.24) is 0 Å². The topological polar surface area (TPSA) is 6.48 Å². The predicted octanol–water partition coefficient (Wildman–Crippen LogP) is 14.7. The van der Waals surface area contributed by atoms with Gasteiger partial charge in [0, 0.05) is 59.6 Å². The third kappa shape index (κ3) is 6.19. The van der Waals surface area contributed by atoms with Gasteiger partial charge in [0.1, 0.15) is 0 Å². The average molecular weight is 709 g/mol. The molecule has 0 aliphatic heterocycles. The minimum Gasteiger partial charge on any atom is -0.310 e. The molecule has 0 fully saturated rings. The molecule has 7 rings (SSSR count). The normalized spacial score (nSPS) is 12.8. The van der Waals surface area contributed by atoms with Crippen molar-refractivity contribution in [2.75, 3.05) is 9.80 Å². The summed E-state index contributed by atoms with van der Waals surface area (Å²) in [6.45, 7) is 4.65. The van der Waals surface area contributed by atoms with Crippen LogP contribution >= 0.6 is 46.4 Å². The fourth-order valence-corrected chi connectivity index (χ4v) is 7.76. The quantitative estimate of drug-likeness (QED) is 0.148. The number of benzene rings is 6. The van der Waals surface area contributed by atoms with E-state index in [1.54, 1.807) is 0 Å². The van der Waals surface area contributed by atoms with Crippen molar-refractivity contribution in [2.45, 2.75) is 38.5 Å². The van der Waals surface area contributed by atoms with Crippen LogP contribution in [-0.2, 0) is 5.41 Å². The van der Waals surface area contributed by atoms with Crippen LogP contribution in [0, 0.1) is 0 Å². The summed E-state index contributed by atoms with van der Waals surface area (Å²) in [6, 6.07) is 45.5. The average Bonchev–Trinajstić information content (AvgIpc) is 3.31. The Labute approximate surface area is 303 Å². The highest BCUT2D eigenvalue weighted by atomic mass is 35.5. The molecule has 0 N–H and O–H groups in total. The number of rotatable bonds is 9. The van der Waals surface area contributed by atoms with Crippen LogP contribution in [0.1, 0.15) is 44.2 Å². The Bertz CT molecular complexity index is 1890. The zero-order valence-electron chi connectivity index (χ0n) is 26.7. The van der Waals surface area contributed by atoms with Gasteiger partial charge in [0.2, 0.25) is 0 Å². The molecule has 6 aromatic rings. The molecule has 0 saturated carbocycles. The molecule has 48 heavy (non-hydrogen) atoms. The third-order valence-electron chi connectivity index (χ3n) is 9.30. The van der Waals surface area contributed by atoms with Crippen LogP contribution in [0.3, 0.4) is 0 Å². The van der Waals surface area contributed by atoms with Crippen molar-refractivity contribution in [1.29, 1.82) is 0 Å². The van der Waals surface area contributed by atoms with Crippen LogP contribution in [0.25, 0.3) is 11.1 Å². The number of nitrogens with zero attached hydrogens (tertiary/aromatic N) is 2. The second-order valence-corrected chi connectivity index (χ2v) is 14.2. The maximum absolute atomic E-state index is 6.53. The molecular weight excluding hydrogens is 674 g/mol. The predicted molar refractivity (Wildman–Crippen MR) is 207 cm³/mol. The lowest BCUT2D eigenvalue weighted by atomic mass is 9.76. The van der Waals surface area contributed by atoms with E-state index in [0.29, 0.717) is 20.1 Å². The summed E-state index contributed by atoms with van der Waals surface area (Å²) in [5, 5.41) is 2.71. The van der Waals surface area contributed by atoms with Gasteiger partial charge < -0.3 is 9.80 Å². The molecule has 0 saturated heterocycles. The first-order valence-corrected chi connectivity index (χ1v) is 17.7. The molecule has 6 heteroatoms. The summed E-state index contributed by atoms with van der Waals surface area (Å²) in [5.74, 6) is 0. The zero-order chi connectivity index (χ0) is 33.4. The molecule has 0 bridgehead atoms. The molecule has 0 heterocycles. The summed E-state index contributed by atoms with van der Waals surface area (Å²) in [5.41, 5.74) is 10.9. The molecule has 0 aromatic heterocycles. The summed E-state index contributed by atoms with van der Waals surface area (Å²) in [4.78, 5) is 4.46. The maximum atomic E-state index is 6.53. The first-order valence-electron chi connectivity index (χ1n) is 16.2. The van der Waals surface area contributed by atoms with Gasteiger partial charge in [-0.05, 0) is 126 Å². The zero-order valence-corrected chi connectivity index (χ0v) is 29.8. The molecule has 1 aliphatic rings. The van der Waals surface area contributed by atoms with E-state index >= 15 is 0 Å². The second-order valence-electron chi connectivity index (χ2n) is 12.5. The van der Waals surface area contributed by atoms with Gasteiger partial charge in [0.15, 0.2) is 0 Å². The Morgan fingerprint density at radius 3 is 1.10 bits per heavy atom. The molecule has 0 atom stereocenters. The fraction of sp³-hybridized carbons (Fsp3) is 0.143. The van der Waals surface area contributed by atoms with Gasteiger partial charge in [0.05, 0.1) is 0 Å². The highest BCUT2D eigenvalue weighted by Gasteiger charge is 2.40. The molecular formula is C42H34Cl4N2. The van der Waals surface area contributed by atoms with Crippen LogP contribution in [0.15, 0.2) is 133 Å². The molecule has 6 aromatic carbocycles. The van der Waals surface area contributed by atoms with E-state index < -0.39 is 0 Å². The molecule has 0 spiro atoms. The van der Waals surface area contributed by atoms with Gasteiger partial charge in [-0.25, -0.2) is 0 Å². The van der Waals surface area contributed by atoms with E-state index in [1.807, 2.05) is 72.8 Å². The van der Waals surface area contributed by atoms with E-state index in [0.717, 1.165) is 53.4 Å². The number of fused-ring (bicyclic) bond motifs is 3. The van der Waals surface area contributed by atoms with Crippen LogP contribution in [0.5, 0.6) is 0 Å². The van der Waals surface area contributed by atoms with Gasteiger partial charge in [-0.2, -0.15) is 0 Å². The summed E-state index contributed by atoms with van der Waals surface area (Å²) in [7, 11) is 0. The Morgan fingerprint density at radius 1 is 0.458 bits per heavy atom. The van der Waals surface area contributed by atoms with E-state index in [9.17, 15) is 0 Å². The lowest BCUT2D eigenvalue weighted by Crippen LogP contribution is -2.22. The summed E-state index contributed by atoms with van der Waals surface area (Å²) < 4.78 is 0. The number of unbranched alkanes of at least 4 members (excludes halogenated alkanes) is 1. The van der Waals surface area contributed by atoms with Crippen molar-refractivity contribution in [2.24, 2.45) is 0 Å². The van der Waals surface area contributed by atoms with Crippen molar-refractivity contribution in [3.63, 3.8) is 0 Å². The van der Waals surface area contributed by atoms with Crippen LogP contribution < -0.4 is 9.80 Å². The van der Waals surface area contributed by atoms with E-state index in [4.69, 9.17) is 46.4 Å². The smallest absolute Gasteiger partial charge is 0.0476 e. The van der Waals surface area contributed by atoms with Crippen molar-refractivity contribution in [3.8, 4) is 11.1 Å². The van der Waals surface area contributed by atoms with Crippen LogP contribution in [0.2, 0.25) is 20.1 Å². The standard InChI is InChI=1S/C42H34Cl4N2/c1-3-4-21-42(2)40-26-36(47(32-13-5-9-28(43)22-32)33-14-6-10-29(44)23-33)17-19-38(40)39-20-18-37(27-41(39)42)48(34-15-7-11-30(45)24-34)35-16-8-12-31(46)25-35/h5-20,22-27H,3-4,21H2,1-2H3. The Kier molecular flexibility index (Phi) is 9.20. The van der Waals surface area contributed by atoms with E-state index in [-0.39, 0.29) is 5.41 Å². The second kappa shape index (κ2) is 13.5. The van der Waals surface area contributed by atoms with Gasteiger partial charge in [-0.3, -0.25) is 0 Å². The highest BCUT2D eigenvalue weighted by Crippen LogP contribution is 2.54. The van der Waals surface area contributed by atoms with Crippen LogP contribution in [0.4, 0.5) is 34.1 Å². The first kappa shape index (κ1) is 32.6. The molecule has 2 nitrogen and oxygen atoms in total. The molecule has 0 unspecified atom stereocenters. The van der Waals surface area contributed by atoms with Crippen molar-refractivity contribution in [3.05, 3.63) is 165 Å². The number of halogens is 4. The lowest BCUT2D eigenvalue weighted by Gasteiger charge is -2.31. The SMILES string of the molecule is CCCCC1(C)c2cc(N(c3cccc(Cl)c3)c3cccc(Cl)c3)ccc2-c2ccc(N(c3cccc(Cl)c3)c3cccc(Cl)c3)cc21. The molecule has 1 aliphatic carbocycles. The van der Waals surface area contributed by atoms with E-state index in [2.05, 4.69) is 84.3 Å². The molecule has 240 valence electrons. The highest BCUT2D eigenvalue weighted by molar-refractivity contribution is 6.32. The molecule has 0 amide bonds. The summed E-state index contributed by atoms with van der Waals surface area (Å²) >= 11 is 26.1. The first-order chi connectivity index (χ1) is 23.2. The van der Waals surface area contributed by atoms with Crippen LogP contribution in [-0.4, -0.2) is 0 Å². The Morgan fingerprint density at radius 2 is 0.792 bits per heavy atom. The van der Waals surface area contributed by atoms with Gasteiger partial charge in [0.25, 0.3) is 0 Å². The fourth-order valence-electron chi connectivity index (χ4n) is 7.03. The van der Waals surface area contributed by atoms with Crippen molar-refractivity contribution < 1.29 is 0 Å². The largest absolute Gasteiger partial charge is 0.310 e. The van der Waals surface area contributed by atoms with Gasteiger partial charge >= 0.3 is 0 Å². The Balaban J connectivity index is 1.39.